The van der Waals surface area contributed by atoms with E-state index in [-0.39, 0.29) is 54.4 Å². The van der Waals surface area contributed by atoms with Crippen molar-refractivity contribution in [3.63, 3.8) is 0 Å². The van der Waals surface area contributed by atoms with Crippen LogP contribution in [0.25, 0.3) is 0 Å². The van der Waals surface area contributed by atoms with Gasteiger partial charge in [0.15, 0.2) is 17.3 Å². The van der Waals surface area contributed by atoms with E-state index in [2.05, 4.69) is 0 Å². The van der Waals surface area contributed by atoms with Gasteiger partial charge in [-0.2, -0.15) is 0 Å². The molecule has 0 aromatic rings. The average Bonchev–Trinajstić information content (AvgIpc) is 2.10. The van der Waals surface area contributed by atoms with E-state index in [0.717, 1.165) is 18.2 Å². The second-order valence-electron chi connectivity index (χ2n) is 4.10. The van der Waals surface area contributed by atoms with Gasteiger partial charge in [-0.15, -0.1) is 17.3 Å². The Labute approximate surface area is 144 Å². The molecule has 3 radical (unpaired) electrons. The Morgan fingerprint density at radius 1 is 0.545 bits per heavy atom. The minimum Gasteiger partial charge on any atom is -0.876 e. The molecule has 6 nitrogen and oxygen atoms in total. The van der Waals surface area contributed by atoms with E-state index < -0.39 is 0 Å². The number of carbonyl (C=O) groups excluding carboxylic acids is 3. The first-order chi connectivity index (χ1) is 9.38. The molecule has 0 saturated carbocycles. The number of rotatable bonds is 3. The maximum atomic E-state index is 9.98. The Morgan fingerprint density at radius 3 is 0.682 bits per heavy atom. The summed E-state index contributed by atoms with van der Waals surface area (Å²) in [6, 6.07) is 0. The van der Waals surface area contributed by atoms with Crippen LogP contribution in [0, 0.1) is 0 Å². The summed E-state index contributed by atoms with van der Waals surface area (Å²) in [5.41, 5.74) is 0. The van der Waals surface area contributed by atoms with Crippen LogP contribution in [-0.2, 0) is 14.4 Å². The zero-order chi connectivity index (χ0) is 17.6. The molecule has 0 fully saturated rings. The van der Waals surface area contributed by atoms with Crippen LogP contribution in [0.3, 0.4) is 0 Å². The molecule has 0 heterocycles. The summed E-state index contributed by atoms with van der Waals surface area (Å²) in [4.78, 5) is 29.9. The fourth-order valence-electron chi connectivity index (χ4n) is 0.859. The van der Waals surface area contributed by atoms with Gasteiger partial charge in [0.25, 0.3) is 0 Å². The van der Waals surface area contributed by atoms with E-state index in [1.807, 2.05) is 0 Å². The number of hydrogen-bond acceptors (Lipinski definition) is 6. The van der Waals surface area contributed by atoms with Crippen molar-refractivity contribution in [3.8, 4) is 0 Å². The molecule has 123 valence electrons. The molecule has 0 aromatic carbocycles. The van der Waals surface area contributed by atoms with Gasteiger partial charge in [0.2, 0.25) is 0 Å². The van der Waals surface area contributed by atoms with E-state index in [1.54, 1.807) is 0 Å². The molecule has 0 spiro atoms. The van der Waals surface area contributed by atoms with Crippen molar-refractivity contribution in [1.29, 1.82) is 0 Å². The summed E-state index contributed by atoms with van der Waals surface area (Å²) in [6.07, 6.45) is 3.17. The summed E-state index contributed by atoms with van der Waals surface area (Å²) >= 11 is 0. The Kier molecular flexibility index (Phi) is 22.4. The number of allylic oxidation sites excluding steroid dienone is 6. The van der Waals surface area contributed by atoms with Crippen molar-refractivity contribution in [2.24, 2.45) is 0 Å². The first-order valence-corrected chi connectivity index (χ1v) is 5.96. The molecule has 22 heavy (non-hydrogen) atoms. The molecule has 0 saturated heterocycles. The Hall–Kier alpha value is -1.73. The largest absolute Gasteiger partial charge is 0.876 e. The first kappa shape index (κ1) is 28.4. The molecule has 0 aliphatic rings. The quantitative estimate of drug-likeness (QED) is 0.364. The van der Waals surface area contributed by atoms with Crippen LogP contribution < -0.4 is 15.3 Å². The maximum absolute atomic E-state index is 9.98. The molecule has 0 aliphatic heterocycles. The summed E-state index contributed by atoms with van der Waals surface area (Å²) in [5.74, 6) is -1.12. The molecule has 0 amide bonds. The molecule has 0 N–H and O–H groups in total. The van der Waals surface area contributed by atoms with E-state index in [4.69, 9.17) is 0 Å². The molecule has 7 heteroatoms. The minimum atomic E-state index is -0.187. The Bertz CT molecular complexity index is 368. The maximum Gasteiger partial charge on any atom is 0.151 e. The number of carbonyl (C=O) groups is 3. The van der Waals surface area contributed by atoms with Crippen molar-refractivity contribution in [2.75, 3.05) is 0 Å². The van der Waals surface area contributed by atoms with E-state index in [9.17, 15) is 29.7 Å². The summed E-state index contributed by atoms with van der Waals surface area (Å²) < 4.78 is 0. The van der Waals surface area contributed by atoms with Gasteiger partial charge in [-0.3, -0.25) is 14.4 Å². The van der Waals surface area contributed by atoms with Crippen LogP contribution in [-0.4, -0.2) is 37.1 Å². The van der Waals surface area contributed by atoms with Gasteiger partial charge in [-0.1, -0.05) is 20.8 Å². The van der Waals surface area contributed by atoms with Crippen LogP contribution in [0.15, 0.2) is 35.5 Å². The third-order valence-electron chi connectivity index (χ3n) is 1.22. The minimum absolute atomic E-state index is 0. The van der Waals surface area contributed by atoms with E-state index in [0.29, 0.717) is 0 Å². The van der Waals surface area contributed by atoms with Gasteiger partial charge in [0.05, 0.1) is 0 Å². The van der Waals surface area contributed by atoms with Crippen molar-refractivity contribution in [3.05, 3.63) is 35.5 Å². The molecule has 0 rings (SSSR count). The normalized spacial score (nSPS) is 10.9. The molecule has 0 aromatic heterocycles. The van der Waals surface area contributed by atoms with Crippen LogP contribution in [0.4, 0.5) is 0 Å². The first-order valence-electron chi connectivity index (χ1n) is 5.96. The molecule has 0 atom stereocenters. The molecule has 0 unspecified atom stereocenters. The molecule has 0 bridgehead atoms. The third-order valence-corrected chi connectivity index (χ3v) is 1.22. The van der Waals surface area contributed by atoms with Gasteiger partial charge in [0.1, 0.15) is 0 Å². The predicted molar refractivity (Wildman–Crippen MR) is 79.1 cm³/mol. The smallest absolute Gasteiger partial charge is 0.151 e. The average molecular weight is 367 g/mol. The monoisotopic (exact) mass is 366 g/mol. The van der Waals surface area contributed by atoms with Gasteiger partial charge in [0, 0.05) is 19.8 Å². The fraction of sp³-hybridized carbons (Fsp3) is 0.400. The Balaban J connectivity index is -0.000000108. The van der Waals surface area contributed by atoms with Crippen LogP contribution in [0.2, 0.25) is 0 Å². The van der Waals surface area contributed by atoms with Crippen molar-refractivity contribution in [1.82, 2.24) is 0 Å². The van der Waals surface area contributed by atoms with Gasteiger partial charge < -0.3 is 15.3 Å². The molecular weight excluding hydrogens is 346 g/mol. The van der Waals surface area contributed by atoms with Crippen molar-refractivity contribution < 1.29 is 29.7 Å². The number of hydrogen-bond donors (Lipinski definition) is 0. The fourth-order valence-corrected chi connectivity index (χ4v) is 0.859. The van der Waals surface area contributed by atoms with E-state index >= 15 is 0 Å². The topological polar surface area (TPSA) is 120 Å². The Morgan fingerprint density at radius 2 is 0.682 bits per heavy atom. The SMILES string of the molecule is CC(=O)C=C(C)[O-].CC(=O)C=C(C)[O-].CC(=O)C=C(C)[O-].[Ga]. The second kappa shape index (κ2) is 17.3. The van der Waals surface area contributed by atoms with Crippen LogP contribution in [0.1, 0.15) is 41.5 Å². The van der Waals surface area contributed by atoms with Gasteiger partial charge in [-0.25, -0.2) is 0 Å². The second-order valence-corrected chi connectivity index (χ2v) is 4.10. The van der Waals surface area contributed by atoms with Gasteiger partial charge >= 0.3 is 0 Å². The number of ketones is 3. The summed E-state index contributed by atoms with van der Waals surface area (Å²) in [7, 11) is 0. The summed E-state index contributed by atoms with van der Waals surface area (Å²) in [5, 5.41) is 29.9. The van der Waals surface area contributed by atoms with Crippen LogP contribution in [0.5, 0.6) is 0 Å². The predicted octanol–water partition coefficient (Wildman–Crippen LogP) is -0.862. The van der Waals surface area contributed by atoms with Crippen LogP contribution >= 0.6 is 0 Å². The molecule has 0 aliphatic carbocycles. The summed E-state index contributed by atoms with van der Waals surface area (Å²) in [6.45, 7) is 8.09. The van der Waals surface area contributed by atoms with Crippen molar-refractivity contribution in [2.45, 2.75) is 41.5 Å². The third kappa shape index (κ3) is 51.7. The standard InChI is InChI=1S/3C5H8O2.Ga/c3*1-4(6)3-5(2)7;/h3*3,6H,1-2H3;/p-3. The van der Waals surface area contributed by atoms with E-state index in [1.165, 1.54) is 41.5 Å². The van der Waals surface area contributed by atoms with Gasteiger partial charge in [-0.05, 0) is 39.0 Å². The van der Waals surface area contributed by atoms with Crippen molar-refractivity contribution >= 4 is 37.1 Å². The zero-order valence-corrected chi connectivity index (χ0v) is 16.2. The molecular formula is C15H21GaO6-3. The zero-order valence-electron chi connectivity index (χ0n) is 13.8.